The second-order valence-corrected chi connectivity index (χ2v) is 10.3. The molecule has 164 valence electrons. The number of benzene rings is 2. The molecule has 0 radical (unpaired) electrons. The molecule has 0 aliphatic carbocycles. The zero-order valence-corrected chi connectivity index (χ0v) is 18.6. The van der Waals surface area contributed by atoms with E-state index >= 15 is 0 Å². The Morgan fingerprint density at radius 1 is 1.03 bits per heavy atom. The molecule has 1 unspecified atom stereocenters. The first kappa shape index (κ1) is 21.8. The molecule has 7 nitrogen and oxygen atoms in total. The summed E-state index contributed by atoms with van der Waals surface area (Å²) in [5.74, 6) is -0.525. The van der Waals surface area contributed by atoms with Crippen LogP contribution in [-0.4, -0.2) is 48.4 Å². The molecule has 1 amide bonds. The second-order valence-electron chi connectivity index (χ2n) is 7.99. The third-order valence-electron chi connectivity index (χ3n) is 5.90. The number of carbonyl (C=O) groups is 1. The zero-order chi connectivity index (χ0) is 22.1. The molecular formula is C22H25ClN4O3S. The second kappa shape index (κ2) is 8.61. The van der Waals surface area contributed by atoms with E-state index in [4.69, 9.17) is 17.3 Å². The number of carbonyl (C=O) groups excluding carboxylic acids is 1. The van der Waals surface area contributed by atoms with Gasteiger partial charge in [0, 0.05) is 24.5 Å². The number of hydrogen-bond acceptors (Lipinski definition) is 4. The summed E-state index contributed by atoms with van der Waals surface area (Å²) in [5.41, 5.74) is 6.65. The van der Waals surface area contributed by atoms with Gasteiger partial charge in [-0.15, -0.1) is 0 Å². The van der Waals surface area contributed by atoms with Crippen LogP contribution < -0.4 is 5.73 Å². The van der Waals surface area contributed by atoms with E-state index in [-0.39, 0.29) is 13.0 Å². The largest absolute Gasteiger partial charge is 0.370 e. The van der Waals surface area contributed by atoms with Crippen LogP contribution in [-0.2, 0) is 20.4 Å². The van der Waals surface area contributed by atoms with E-state index in [1.54, 1.807) is 24.3 Å². The smallest absolute Gasteiger partial charge is 0.318 e. The molecule has 0 saturated carbocycles. The highest BCUT2D eigenvalue weighted by atomic mass is 35.5. The van der Waals surface area contributed by atoms with Crippen molar-refractivity contribution in [1.29, 1.82) is 0 Å². The molecule has 2 aromatic carbocycles. The third-order valence-corrected chi connectivity index (χ3v) is 7.91. The maximum atomic E-state index is 13.4. The van der Waals surface area contributed by atoms with E-state index in [0.717, 1.165) is 29.2 Å². The standard InChI is InChI=1S/C22H25ClN4O3S/c23-19-11-9-17(10-12-19)21-22(15-20(24)28,18-7-3-1-4-8-18)16-27(25-21)31(29,30)26-13-5-2-6-14-26/h1,3-4,7-12H,2,5-6,13-16H2,(H2,24,28). The van der Waals surface area contributed by atoms with Crippen LogP contribution in [0.4, 0.5) is 0 Å². The highest BCUT2D eigenvalue weighted by Gasteiger charge is 2.50. The normalized spacial score (nSPS) is 22.4. The molecule has 0 spiro atoms. The van der Waals surface area contributed by atoms with Gasteiger partial charge in [0.05, 0.1) is 17.7 Å². The number of hydrogen-bond donors (Lipinski definition) is 1. The molecule has 4 rings (SSSR count). The van der Waals surface area contributed by atoms with Crippen molar-refractivity contribution in [3.8, 4) is 0 Å². The number of amides is 1. The lowest BCUT2D eigenvalue weighted by Crippen LogP contribution is -2.47. The first-order chi connectivity index (χ1) is 14.8. The average molecular weight is 461 g/mol. The van der Waals surface area contributed by atoms with Gasteiger partial charge in [0.15, 0.2) is 0 Å². The molecular weight excluding hydrogens is 436 g/mol. The quantitative estimate of drug-likeness (QED) is 0.717. The summed E-state index contributed by atoms with van der Waals surface area (Å²) in [6.45, 7) is 0.953. The van der Waals surface area contributed by atoms with Gasteiger partial charge in [0.25, 0.3) is 0 Å². The van der Waals surface area contributed by atoms with Gasteiger partial charge in [-0.3, -0.25) is 4.79 Å². The molecule has 1 atom stereocenters. The number of rotatable bonds is 6. The lowest BCUT2D eigenvalue weighted by atomic mass is 9.72. The Labute approximate surface area is 187 Å². The number of nitrogens with two attached hydrogens (primary N) is 1. The van der Waals surface area contributed by atoms with Gasteiger partial charge < -0.3 is 5.73 Å². The van der Waals surface area contributed by atoms with Crippen LogP contribution >= 0.6 is 11.6 Å². The highest BCUT2D eigenvalue weighted by molar-refractivity contribution is 7.86. The maximum Gasteiger partial charge on any atom is 0.318 e. The zero-order valence-electron chi connectivity index (χ0n) is 17.1. The van der Waals surface area contributed by atoms with Crippen LogP contribution in [0.25, 0.3) is 0 Å². The summed E-state index contributed by atoms with van der Waals surface area (Å²) >= 11 is 6.07. The molecule has 1 fully saturated rings. The van der Waals surface area contributed by atoms with E-state index in [9.17, 15) is 13.2 Å². The Balaban J connectivity index is 1.85. The van der Waals surface area contributed by atoms with E-state index in [2.05, 4.69) is 5.10 Å². The predicted molar refractivity (Wildman–Crippen MR) is 121 cm³/mol. The molecule has 2 aliphatic heterocycles. The average Bonchev–Trinajstić information content (AvgIpc) is 3.16. The fourth-order valence-electron chi connectivity index (χ4n) is 4.38. The van der Waals surface area contributed by atoms with Crippen molar-refractivity contribution >= 4 is 33.4 Å². The fourth-order valence-corrected chi connectivity index (χ4v) is 6.06. The van der Waals surface area contributed by atoms with E-state index in [1.807, 2.05) is 30.3 Å². The van der Waals surface area contributed by atoms with Crippen LogP contribution in [0.15, 0.2) is 59.7 Å². The number of primary amides is 1. The minimum Gasteiger partial charge on any atom is -0.370 e. The minimum atomic E-state index is -3.82. The van der Waals surface area contributed by atoms with Crippen molar-refractivity contribution in [1.82, 2.24) is 8.72 Å². The molecule has 2 heterocycles. The van der Waals surface area contributed by atoms with E-state index in [0.29, 0.717) is 29.4 Å². The molecule has 0 bridgehead atoms. The van der Waals surface area contributed by atoms with E-state index < -0.39 is 21.5 Å². The molecule has 31 heavy (non-hydrogen) atoms. The summed E-state index contributed by atoms with van der Waals surface area (Å²) in [7, 11) is -3.82. The first-order valence-corrected chi connectivity index (χ1v) is 12.1. The first-order valence-electron chi connectivity index (χ1n) is 10.3. The summed E-state index contributed by atoms with van der Waals surface area (Å²) in [6.07, 6.45) is 2.60. The van der Waals surface area contributed by atoms with Crippen LogP contribution in [0, 0.1) is 0 Å². The van der Waals surface area contributed by atoms with Crippen molar-refractivity contribution < 1.29 is 13.2 Å². The number of halogens is 1. The Kier molecular flexibility index (Phi) is 6.05. The molecule has 0 aromatic heterocycles. The minimum absolute atomic E-state index is 0.0107. The number of piperidine rings is 1. The summed E-state index contributed by atoms with van der Waals surface area (Å²) in [4.78, 5) is 12.2. The van der Waals surface area contributed by atoms with Crippen LogP contribution in [0.1, 0.15) is 36.8 Å². The van der Waals surface area contributed by atoms with Gasteiger partial charge in [-0.05, 0) is 36.1 Å². The lowest BCUT2D eigenvalue weighted by Gasteiger charge is -2.33. The summed E-state index contributed by atoms with van der Waals surface area (Å²) in [5, 5.41) is 5.14. The molecule has 9 heteroatoms. The molecule has 2 aromatic rings. The Morgan fingerprint density at radius 2 is 1.68 bits per heavy atom. The predicted octanol–water partition coefficient (Wildman–Crippen LogP) is 2.90. The molecule has 1 saturated heterocycles. The topological polar surface area (TPSA) is 96.1 Å². The summed E-state index contributed by atoms with van der Waals surface area (Å²) in [6, 6.07) is 16.4. The lowest BCUT2D eigenvalue weighted by molar-refractivity contribution is -0.118. The fraction of sp³-hybridized carbons (Fsp3) is 0.364. The Hall–Kier alpha value is -2.42. The van der Waals surface area contributed by atoms with Crippen LogP contribution in [0.5, 0.6) is 0 Å². The van der Waals surface area contributed by atoms with E-state index in [1.165, 1.54) is 4.31 Å². The highest BCUT2D eigenvalue weighted by Crippen LogP contribution is 2.40. The van der Waals surface area contributed by atoms with Crippen molar-refractivity contribution in [3.63, 3.8) is 0 Å². The van der Waals surface area contributed by atoms with Crippen LogP contribution in [0.2, 0.25) is 5.02 Å². The van der Waals surface area contributed by atoms with Gasteiger partial charge in [-0.25, -0.2) is 0 Å². The number of hydrazone groups is 1. The van der Waals surface area contributed by atoms with Gasteiger partial charge in [0.1, 0.15) is 0 Å². The van der Waals surface area contributed by atoms with Crippen molar-refractivity contribution in [2.24, 2.45) is 10.8 Å². The monoisotopic (exact) mass is 460 g/mol. The molecule has 2 aliphatic rings. The maximum absolute atomic E-state index is 13.4. The van der Waals surface area contributed by atoms with Crippen molar-refractivity contribution in [2.45, 2.75) is 31.1 Å². The van der Waals surface area contributed by atoms with Gasteiger partial charge in [0.2, 0.25) is 5.91 Å². The van der Waals surface area contributed by atoms with Gasteiger partial charge in [-0.1, -0.05) is 60.5 Å². The van der Waals surface area contributed by atoms with Crippen LogP contribution in [0.3, 0.4) is 0 Å². The number of nitrogens with zero attached hydrogens (tertiary/aromatic N) is 3. The third kappa shape index (κ3) is 4.20. The van der Waals surface area contributed by atoms with Crippen molar-refractivity contribution in [2.75, 3.05) is 19.6 Å². The SMILES string of the molecule is NC(=O)CC1(c2ccccc2)CN(S(=O)(=O)N2CCCCC2)N=C1c1ccc(Cl)cc1. The van der Waals surface area contributed by atoms with Gasteiger partial charge >= 0.3 is 10.2 Å². The van der Waals surface area contributed by atoms with Gasteiger partial charge in [-0.2, -0.15) is 22.2 Å². The summed E-state index contributed by atoms with van der Waals surface area (Å²) < 4.78 is 29.5. The van der Waals surface area contributed by atoms with Crippen molar-refractivity contribution in [3.05, 3.63) is 70.7 Å². The molecule has 2 N–H and O–H groups in total. The Morgan fingerprint density at radius 3 is 2.29 bits per heavy atom. The Bertz CT molecular complexity index is 1080.